The molecule has 3 rings (SSSR count). The van der Waals surface area contributed by atoms with Crippen LogP contribution in [0.1, 0.15) is 30.1 Å². The lowest BCUT2D eigenvalue weighted by molar-refractivity contribution is -0.0639. The van der Waals surface area contributed by atoms with Crippen LogP contribution in [0.15, 0.2) is 18.2 Å². The lowest BCUT2D eigenvalue weighted by Crippen LogP contribution is -2.24. The number of methoxy groups -OCH3 is 1. The van der Waals surface area contributed by atoms with Crippen molar-refractivity contribution in [2.45, 2.75) is 37.6 Å². The fourth-order valence-corrected chi connectivity index (χ4v) is 2.85. The van der Waals surface area contributed by atoms with Crippen molar-refractivity contribution in [3.63, 3.8) is 0 Å². The van der Waals surface area contributed by atoms with Gasteiger partial charge in [0.2, 0.25) is 0 Å². The maximum Gasteiger partial charge on any atom is 0.119 e. The molecule has 0 radical (unpaired) electrons. The van der Waals surface area contributed by atoms with E-state index in [1.54, 1.807) is 7.11 Å². The first-order valence-electron chi connectivity index (χ1n) is 6.86. The Morgan fingerprint density at radius 3 is 3.05 bits per heavy atom. The average Bonchev–Trinajstić information content (AvgIpc) is 3.05. The summed E-state index contributed by atoms with van der Waals surface area (Å²) in [6, 6.07) is 5.83. The molecule has 19 heavy (non-hydrogen) atoms. The second-order valence-electron chi connectivity index (χ2n) is 5.22. The molecule has 1 heterocycles. The van der Waals surface area contributed by atoms with Gasteiger partial charge >= 0.3 is 0 Å². The van der Waals surface area contributed by atoms with Crippen molar-refractivity contribution >= 4 is 0 Å². The zero-order valence-electron chi connectivity index (χ0n) is 11.2. The van der Waals surface area contributed by atoms with E-state index in [4.69, 9.17) is 14.2 Å². The smallest absolute Gasteiger partial charge is 0.119 e. The molecule has 0 aromatic heterocycles. The highest BCUT2D eigenvalue weighted by Gasteiger charge is 2.32. The highest BCUT2D eigenvalue weighted by atomic mass is 16.5. The van der Waals surface area contributed by atoms with Crippen LogP contribution in [0.5, 0.6) is 5.75 Å². The zero-order valence-corrected chi connectivity index (χ0v) is 11.2. The molecule has 1 aliphatic heterocycles. The summed E-state index contributed by atoms with van der Waals surface area (Å²) >= 11 is 0. The number of ether oxygens (including phenoxy) is 3. The van der Waals surface area contributed by atoms with E-state index in [0.717, 1.165) is 42.7 Å². The first kappa shape index (κ1) is 12.9. The molecule has 4 heteroatoms. The van der Waals surface area contributed by atoms with Gasteiger partial charge in [0.05, 0.1) is 25.9 Å². The van der Waals surface area contributed by atoms with Gasteiger partial charge in [-0.25, -0.2) is 0 Å². The second kappa shape index (κ2) is 5.49. The lowest BCUT2D eigenvalue weighted by Gasteiger charge is -2.18. The Labute approximate surface area is 113 Å². The minimum absolute atomic E-state index is 0.161. The first-order valence-corrected chi connectivity index (χ1v) is 6.86. The van der Waals surface area contributed by atoms with Gasteiger partial charge in [0.1, 0.15) is 11.9 Å². The van der Waals surface area contributed by atoms with Gasteiger partial charge in [-0.1, -0.05) is 6.07 Å². The molecule has 0 amide bonds. The van der Waals surface area contributed by atoms with Gasteiger partial charge in [-0.3, -0.25) is 0 Å². The summed E-state index contributed by atoms with van der Waals surface area (Å²) in [6.45, 7) is 1.41. The number of fused-ring (bicyclic) bond motifs is 1. The van der Waals surface area contributed by atoms with E-state index in [-0.39, 0.29) is 12.2 Å². The number of hydrogen-bond donors (Lipinski definition) is 1. The van der Waals surface area contributed by atoms with Crippen LogP contribution in [-0.2, 0) is 15.9 Å². The van der Waals surface area contributed by atoms with Crippen molar-refractivity contribution in [1.82, 2.24) is 0 Å². The molecule has 3 unspecified atom stereocenters. The maximum absolute atomic E-state index is 10.3. The predicted molar refractivity (Wildman–Crippen MR) is 70.4 cm³/mol. The Morgan fingerprint density at radius 2 is 2.32 bits per heavy atom. The number of aliphatic hydroxyl groups is 1. The Hall–Kier alpha value is -1.10. The highest BCUT2D eigenvalue weighted by Crippen LogP contribution is 2.35. The highest BCUT2D eigenvalue weighted by molar-refractivity contribution is 5.41. The lowest BCUT2D eigenvalue weighted by atomic mass is 10.1. The molecular formula is C15H20O4. The summed E-state index contributed by atoms with van der Waals surface area (Å²) in [7, 11) is 1.63. The van der Waals surface area contributed by atoms with Crippen molar-refractivity contribution < 1.29 is 19.3 Å². The molecule has 2 aliphatic rings. The topological polar surface area (TPSA) is 47.9 Å². The molecule has 4 nitrogen and oxygen atoms in total. The quantitative estimate of drug-likeness (QED) is 0.901. The van der Waals surface area contributed by atoms with Crippen LogP contribution in [0.3, 0.4) is 0 Å². The van der Waals surface area contributed by atoms with Crippen LogP contribution in [0.2, 0.25) is 0 Å². The molecule has 1 aliphatic carbocycles. The minimum Gasteiger partial charge on any atom is -0.497 e. The van der Waals surface area contributed by atoms with Crippen LogP contribution in [-0.4, -0.2) is 37.6 Å². The van der Waals surface area contributed by atoms with E-state index in [2.05, 4.69) is 0 Å². The normalized spacial score (nSPS) is 29.5. The third kappa shape index (κ3) is 2.61. The molecular weight excluding hydrogens is 244 g/mol. The molecule has 0 bridgehead atoms. The molecule has 104 valence electrons. The molecule has 1 saturated heterocycles. The SMILES string of the molecule is COc1ccc2c(c1)C(O)C(OCC1CCCO1)C2. The van der Waals surface area contributed by atoms with Gasteiger partial charge in [0.15, 0.2) is 0 Å². The van der Waals surface area contributed by atoms with Crippen LogP contribution < -0.4 is 4.74 Å². The molecule has 0 saturated carbocycles. The number of benzene rings is 1. The molecule has 3 atom stereocenters. The summed E-state index contributed by atoms with van der Waals surface area (Å²) in [5.41, 5.74) is 2.07. The Morgan fingerprint density at radius 1 is 1.42 bits per heavy atom. The van der Waals surface area contributed by atoms with Gasteiger partial charge in [-0.05, 0) is 36.1 Å². The Kier molecular flexibility index (Phi) is 3.73. The predicted octanol–water partition coefficient (Wildman–Crippen LogP) is 1.85. The van der Waals surface area contributed by atoms with Gasteiger partial charge in [0.25, 0.3) is 0 Å². The third-order valence-corrected chi connectivity index (χ3v) is 3.97. The summed E-state index contributed by atoms with van der Waals surface area (Å²) in [5.74, 6) is 0.776. The van der Waals surface area contributed by atoms with Crippen molar-refractivity contribution in [1.29, 1.82) is 0 Å². The largest absolute Gasteiger partial charge is 0.497 e. The van der Waals surface area contributed by atoms with Crippen molar-refractivity contribution in [3.8, 4) is 5.75 Å². The van der Waals surface area contributed by atoms with Gasteiger partial charge in [-0.2, -0.15) is 0 Å². The monoisotopic (exact) mass is 264 g/mol. The van der Waals surface area contributed by atoms with Crippen LogP contribution in [0, 0.1) is 0 Å². The number of hydrogen-bond acceptors (Lipinski definition) is 4. The molecule has 1 N–H and O–H groups in total. The molecule has 0 spiro atoms. The van der Waals surface area contributed by atoms with E-state index in [1.165, 1.54) is 0 Å². The van der Waals surface area contributed by atoms with Crippen molar-refractivity contribution in [3.05, 3.63) is 29.3 Å². The van der Waals surface area contributed by atoms with Gasteiger partial charge < -0.3 is 19.3 Å². The fourth-order valence-electron chi connectivity index (χ4n) is 2.85. The molecule has 1 fully saturated rings. The van der Waals surface area contributed by atoms with Crippen molar-refractivity contribution in [2.75, 3.05) is 20.3 Å². The van der Waals surface area contributed by atoms with E-state index < -0.39 is 6.10 Å². The maximum atomic E-state index is 10.3. The van der Waals surface area contributed by atoms with Gasteiger partial charge in [-0.15, -0.1) is 0 Å². The van der Waals surface area contributed by atoms with Gasteiger partial charge in [0, 0.05) is 13.0 Å². The average molecular weight is 264 g/mol. The summed E-state index contributed by atoms with van der Waals surface area (Å²) in [6.07, 6.45) is 2.40. The van der Waals surface area contributed by atoms with Crippen LogP contribution >= 0.6 is 0 Å². The minimum atomic E-state index is -0.563. The van der Waals surface area contributed by atoms with E-state index >= 15 is 0 Å². The summed E-state index contributed by atoms with van der Waals surface area (Å²) in [4.78, 5) is 0. The molecule has 1 aromatic carbocycles. The summed E-state index contributed by atoms with van der Waals surface area (Å²) in [5, 5.41) is 10.3. The second-order valence-corrected chi connectivity index (χ2v) is 5.22. The standard InChI is InChI=1S/C15H20O4/c1-17-11-5-4-10-7-14(15(16)13(10)8-11)19-9-12-3-2-6-18-12/h4-5,8,12,14-16H,2-3,6-7,9H2,1H3. The number of rotatable bonds is 4. The van der Waals surface area contributed by atoms with Crippen LogP contribution in [0.25, 0.3) is 0 Å². The Balaban J connectivity index is 1.63. The summed E-state index contributed by atoms with van der Waals surface area (Å²) < 4.78 is 16.6. The van der Waals surface area contributed by atoms with Crippen molar-refractivity contribution in [2.24, 2.45) is 0 Å². The van der Waals surface area contributed by atoms with E-state index in [1.807, 2.05) is 18.2 Å². The zero-order chi connectivity index (χ0) is 13.2. The third-order valence-electron chi connectivity index (χ3n) is 3.97. The van der Waals surface area contributed by atoms with Crippen LogP contribution in [0.4, 0.5) is 0 Å². The Bertz CT molecular complexity index is 440. The number of aliphatic hydroxyl groups excluding tert-OH is 1. The first-order chi connectivity index (χ1) is 9.28. The van der Waals surface area contributed by atoms with E-state index in [9.17, 15) is 5.11 Å². The fraction of sp³-hybridized carbons (Fsp3) is 0.600. The molecule has 1 aromatic rings. The van der Waals surface area contributed by atoms with E-state index in [0.29, 0.717) is 6.61 Å².